The SMILES string of the molecule is CCC(C)CCCNc1nnc(SCC(=O)c2c(C)[nH]c3ccccc23)s1. The Labute approximate surface area is 168 Å². The maximum Gasteiger partial charge on any atom is 0.206 e. The number of thioether (sulfide) groups is 1. The van der Waals surface area contributed by atoms with Crippen molar-refractivity contribution in [1.82, 2.24) is 15.2 Å². The summed E-state index contributed by atoms with van der Waals surface area (Å²) in [7, 11) is 0. The summed E-state index contributed by atoms with van der Waals surface area (Å²) in [6.45, 7) is 7.37. The highest BCUT2D eigenvalue weighted by atomic mass is 32.2. The van der Waals surface area contributed by atoms with Crippen molar-refractivity contribution in [2.24, 2.45) is 5.92 Å². The molecule has 2 heterocycles. The molecule has 0 amide bonds. The van der Waals surface area contributed by atoms with Gasteiger partial charge in [-0.2, -0.15) is 0 Å². The van der Waals surface area contributed by atoms with E-state index in [9.17, 15) is 4.79 Å². The van der Waals surface area contributed by atoms with E-state index in [2.05, 4.69) is 34.3 Å². The zero-order valence-corrected chi connectivity index (χ0v) is 17.7. The van der Waals surface area contributed by atoms with Gasteiger partial charge in [0.1, 0.15) is 0 Å². The molecule has 0 bridgehead atoms. The normalized spacial score (nSPS) is 12.4. The van der Waals surface area contributed by atoms with Crippen LogP contribution in [0.4, 0.5) is 5.13 Å². The predicted octanol–water partition coefficient (Wildman–Crippen LogP) is 5.54. The number of rotatable bonds is 10. The summed E-state index contributed by atoms with van der Waals surface area (Å²) in [6.07, 6.45) is 3.58. The fourth-order valence-corrected chi connectivity index (χ4v) is 4.67. The molecule has 1 atom stereocenters. The standard InChI is InChI=1S/C20H26N4OS2/c1-4-13(2)8-7-11-21-19-23-24-20(27-19)26-12-17(25)18-14(3)22-16-10-6-5-9-15(16)18/h5-6,9-10,13,22H,4,7-8,11-12H2,1-3H3,(H,21,23). The molecule has 1 aromatic carbocycles. The molecule has 144 valence electrons. The molecule has 3 aromatic rings. The lowest BCUT2D eigenvalue weighted by Crippen LogP contribution is -2.03. The van der Waals surface area contributed by atoms with E-state index in [4.69, 9.17) is 0 Å². The first kappa shape index (κ1) is 19.9. The molecule has 27 heavy (non-hydrogen) atoms. The number of carbonyl (C=O) groups excluding carboxylic acids is 1. The minimum atomic E-state index is 0.119. The van der Waals surface area contributed by atoms with E-state index in [-0.39, 0.29) is 5.78 Å². The van der Waals surface area contributed by atoms with Crippen LogP contribution in [0.25, 0.3) is 10.9 Å². The lowest BCUT2D eigenvalue weighted by atomic mass is 10.0. The summed E-state index contributed by atoms with van der Waals surface area (Å²) in [6, 6.07) is 7.92. The first-order chi connectivity index (χ1) is 13.1. The van der Waals surface area contributed by atoms with Crippen molar-refractivity contribution in [1.29, 1.82) is 0 Å². The van der Waals surface area contributed by atoms with Crippen LogP contribution < -0.4 is 5.32 Å². The Morgan fingerprint density at radius 1 is 1.33 bits per heavy atom. The first-order valence-electron chi connectivity index (χ1n) is 9.39. The Morgan fingerprint density at radius 2 is 2.15 bits per heavy atom. The fraction of sp³-hybridized carbons (Fsp3) is 0.450. The summed E-state index contributed by atoms with van der Waals surface area (Å²) < 4.78 is 0.824. The van der Waals surface area contributed by atoms with E-state index in [0.717, 1.165) is 50.5 Å². The highest BCUT2D eigenvalue weighted by molar-refractivity contribution is 8.01. The van der Waals surface area contributed by atoms with Crippen LogP contribution in [0.15, 0.2) is 28.6 Å². The average molecular weight is 403 g/mol. The largest absolute Gasteiger partial charge is 0.360 e. The second kappa shape index (κ2) is 9.37. The van der Waals surface area contributed by atoms with E-state index in [1.165, 1.54) is 35.9 Å². The molecular formula is C20H26N4OS2. The summed E-state index contributed by atoms with van der Waals surface area (Å²) >= 11 is 2.97. The summed E-state index contributed by atoms with van der Waals surface area (Å²) in [5.41, 5.74) is 2.71. The number of nitrogens with zero attached hydrogens (tertiary/aromatic N) is 2. The molecular weight excluding hydrogens is 376 g/mol. The molecule has 1 unspecified atom stereocenters. The lowest BCUT2D eigenvalue weighted by Gasteiger charge is -2.07. The topological polar surface area (TPSA) is 70.7 Å². The zero-order chi connectivity index (χ0) is 19.2. The van der Waals surface area contributed by atoms with Crippen LogP contribution in [0.3, 0.4) is 0 Å². The number of anilines is 1. The number of ketones is 1. The van der Waals surface area contributed by atoms with E-state index < -0.39 is 0 Å². The van der Waals surface area contributed by atoms with Crippen molar-refractivity contribution < 1.29 is 4.79 Å². The van der Waals surface area contributed by atoms with Gasteiger partial charge < -0.3 is 10.3 Å². The van der Waals surface area contributed by atoms with Crippen molar-refractivity contribution in [2.75, 3.05) is 17.6 Å². The molecule has 0 radical (unpaired) electrons. The number of para-hydroxylation sites is 1. The zero-order valence-electron chi connectivity index (χ0n) is 16.0. The Morgan fingerprint density at radius 3 is 2.96 bits per heavy atom. The van der Waals surface area contributed by atoms with Gasteiger partial charge in [0.2, 0.25) is 5.13 Å². The van der Waals surface area contributed by atoms with Crippen LogP contribution in [0, 0.1) is 12.8 Å². The van der Waals surface area contributed by atoms with Crippen molar-refractivity contribution in [3.8, 4) is 0 Å². The molecule has 0 saturated carbocycles. The van der Waals surface area contributed by atoms with Crippen molar-refractivity contribution in [2.45, 2.75) is 44.4 Å². The van der Waals surface area contributed by atoms with Gasteiger partial charge in [0, 0.05) is 28.7 Å². The average Bonchev–Trinajstić information content (AvgIpc) is 3.26. The van der Waals surface area contributed by atoms with Crippen LogP contribution in [0.1, 0.15) is 49.2 Å². The number of hydrogen-bond donors (Lipinski definition) is 2. The first-order valence-corrected chi connectivity index (χ1v) is 11.2. The van der Waals surface area contributed by atoms with Crippen LogP contribution in [-0.2, 0) is 0 Å². The molecule has 7 heteroatoms. The van der Waals surface area contributed by atoms with E-state index >= 15 is 0 Å². The Bertz CT molecular complexity index is 902. The van der Waals surface area contributed by atoms with E-state index in [1.807, 2.05) is 31.2 Å². The van der Waals surface area contributed by atoms with Crippen molar-refractivity contribution in [3.63, 3.8) is 0 Å². The number of aromatic amines is 1. The number of aromatic nitrogens is 3. The van der Waals surface area contributed by atoms with Gasteiger partial charge in [-0.1, -0.05) is 61.6 Å². The molecule has 2 N–H and O–H groups in total. The van der Waals surface area contributed by atoms with Gasteiger partial charge in [0.15, 0.2) is 10.1 Å². The van der Waals surface area contributed by atoms with Gasteiger partial charge in [-0.25, -0.2) is 0 Å². The molecule has 0 spiro atoms. The monoisotopic (exact) mass is 402 g/mol. The van der Waals surface area contributed by atoms with Gasteiger partial charge in [-0.05, 0) is 31.7 Å². The van der Waals surface area contributed by atoms with Crippen molar-refractivity contribution in [3.05, 3.63) is 35.5 Å². The summed E-state index contributed by atoms with van der Waals surface area (Å²) in [5.74, 6) is 1.25. The molecule has 0 aliphatic heterocycles. The Kier molecular flexibility index (Phi) is 6.90. The smallest absolute Gasteiger partial charge is 0.206 e. The quantitative estimate of drug-likeness (QED) is 0.265. The number of fused-ring (bicyclic) bond motifs is 1. The highest BCUT2D eigenvalue weighted by Gasteiger charge is 2.17. The second-order valence-corrected chi connectivity index (χ2v) is 9.04. The number of aryl methyl sites for hydroxylation is 1. The third-order valence-corrected chi connectivity index (χ3v) is 6.77. The van der Waals surface area contributed by atoms with Crippen molar-refractivity contribution >= 4 is 44.9 Å². The number of hydrogen-bond acceptors (Lipinski definition) is 6. The minimum Gasteiger partial charge on any atom is -0.360 e. The number of carbonyl (C=O) groups is 1. The van der Waals surface area contributed by atoms with Gasteiger partial charge >= 0.3 is 0 Å². The van der Waals surface area contributed by atoms with Crippen LogP contribution in [0.5, 0.6) is 0 Å². The molecule has 0 fully saturated rings. The molecule has 2 aromatic heterocycles. The second-order valence-electron chi connectivity index (χ2n) is 6.84. The molecule has 3 rings (SSSR count). The van der Waals surface area contributed by atoms with Gasteiger partial charge in [-0.3, -0.25) is 4.79 Å². The van der Waals surface area contributed by atoms with E-state index in [1.54, 1.807) is 0 Å². The highest BCUT2D eigenvalue weighted by Crippen LogP contribution is 2.28. The summed E-state index contributed by atoms with van der Waals surface area (Å²) in [4.78, 5) is 16.0. The van der Waals surface area contributed by atoms with Crippen LogP contribution in [-0.4, -0.2) is 33.3 Å². The molecule has 0 aliphatic rings. The number of Topliss-reactive ketones (excluding diaryl/α,β-unsaturated/α-hetero) is 1. The van der Waals surface area contributed by atoms with Gasteiger partial charge in [-0.15, -0.1) is 10.2 Å². The third-order valence-electron chi connectivity index (χ3n) is 4.75. The Hall–Kier alpha value is -1.86. The minimum absolute atomic E-state index is 0.119. The number of nitrogens with one attached hydrogen (secondary N) is 2. The van der Waals surface area contributed by atoms with Crippen LogP contribution >= 0.6 is 23.1 Å². The maximum absolute atomic E-state index is 12.7. The molecule has 5 nitrogen and oxygen atoms in total. The molecule has 0 aliphatic carbocycles. The third kappa shape index (κ3) is 5.11. The molecule has 0 saturated heterocycles. The number of H-pyrrole nitrogens is 1. The maximum atomic E-state index is 12.7. The summed E-state index contributed by atoms with van der Waals surface area (Å²) in [5, 5.41) is 13.5. The van der Waals surface area contributed by atoms with Crippen LogP contribution in [0.2, 0.25) is 0 Å². The van der Waals surface area contributed by atoms with Gasteiger partial charge in [0.05, 0.1) is 5.75 Å². The van der Waals surface area contributed by atoms with E-state index in [0.29, 0.717) is 5.75 Å². The lowest BCUT2D eigenvalue weighted by molar-refractivity contribution is 0.102. The van der Waals surface area contributed by atoms with Gasteiger partial charge in [0.25, 0.3) is 0 Å². The predicted molar refractivity (Wildman–Crippen MR) is 115 cm³/mol. The number of benzene rings is 1. The fourth-order valence-electron chi connectivity index (χ4n) is 3.02. The Balaban J connectivity index is 1.52.